The third kappa shape index (κ3) is 3.48. The van der Waals surface area contributed by atoms with Gasteiger partial charge in [-0.05, 0) is 31.1 Å². The van der Waals surface area contributed by atoms with Crippen LogP contribution in [0.15, 0.2) is 0 Å². The number of hydrogen-bond donors (Lipinski definition) is 1. The molecule has 20 heavy (non-hydrogen) atoms. The molecule has 1 N–H and O–H groups in total. The summed E-state index contributed by atoms with van der Waals surface area (Å²) in [5.41, 5.74) is 0.329. The van der Waals surface area contributed by atoms with Crippen molar-refractivity contribution in [3.05, 3.63) is 5.01 Å². The van der Waals surface area contributed by atoms with Crippen LogP contribution in [0.5, 0.6) is 0 Å². The van der Waals surface area contributed by atoms with E-state index >= 15 is 0 Å². The molecule has 0 aromatic carbocycles. The maximum Gasteiger partial charge on any atom is 0.284 e. The number of nitrogens with zero attached hydrogens (tertiary/aromatic N) is 3. The van der Waals surface area contributed by atoms with Crippen LogP contribution < -0.4 is 5.32 Å². The molecule has 1 aliphatic rings. The van der Waals surface area contributed by atoms with Crippen LogP contribution in [0.25, 0.3) is 0 Å². The minimum Gasteiger partial charge on any atom is -0.360 e. The Morgan fingerprint density at radius 3 is 2.55 bits per heavy atom. The van der Waals surface area contributed by atoms with E-state index in [0.29, 0.717) is 16.3 Å². The van der Waals surface area contributed by atoms with E-state index in [1.165, 1.54) is 11.3 Å². The number of nitrogens with one attached hydrogen (secondary N) is 1. The first-order chi connectivity index (χ1) is 9.41. The standard InChI is InChI=1S/C14H24N4OS/c1-5-15-13-17-16-11(20-13)12(19)18-8-6-10(7-9-18)14(2,3)4/h10H,5-9H2,1-4H3,(H,15,17). The number of anilines is 1. The summed E-state index contributed by atoms with van der Waals surface area (Å²) in [4.78, 5) is 14.3. The summed E-state index contributed by atoms with van der Waals surface area (Å²) in [6.07, 6.45) is 2.15. The Bertz CT molecular complexity index is 458. The van der Waals surface area contributed by atoms with Crippen molar-refractivity contribution in [3.8, 4) is 0 Å². The Morgan fingerprint density at radius 1 is 1.35 bits per heavy atom. The maximum atomic E-state index is 12.4. The summed E-state index contributed by atoms with van der Waals surface area (Å²) in [6.45, 7) is 11.3. The molecule has 0 unspecified atom stereocenters. The van der Waals surface area contributed by atoms with Gasteiger partial charge in [0.2, 0.25) is 10.1 Å². The molecule has 5 nitrogen and oxygen atoms in total. The van der Waals surface area contributed by atoms with Crippen molar-refractivity contribution in [2.75, 3.05) is 25.0 Å². The van der Waals surface area contributed by atoms with Gasteiger partial charge in [-0.3, -0.25) is 4.79 Å². The Hall–Kier alpha value is -1.17. The molecule has 1 amide bonds. The quantitative estimate of drug-likeness (QED) is 0.932. The number of aromatic nitrogens is 2. The number of rotatable bonds is 3. The van der Waals surface area contributed by atoms with Gasteiger partial charge < -0.3 is 10.2 Å². The zero-order valence-electron chi connectivity index (χ0n) is 12.8. The van der Waals surface area contributed by atoms with Crippen LogP contribution in [0.4, 0.5) is 5.13 Å². The molecule has 1 aromatic rings. The van der Waals surface area contributed by atoms with Crippen LogP contribution >= 0.6 is 11.3 Å². The van der Waals surface area contributed by atoms with Gasteiger partial charge in [0.05, 0.1) is 0 Å². The average molecular weight is 296 g/mol. The normalized spacial score (nSPS) is 17.3. The molecule has 112 valence electrons. The van der Waals surface area contributed by atoms with E-state index < -0.39 is 0 Å². The van der Waals surface area contributed by atoms with Crippen molar-refractivity contribution in [1.29, 1.82) is 0 Å². The predicted molar refractivity (Wildman–Crippen MR) is 82.2 cm³/mol. The van der Waals surface area contributed by atoms with E-state index in [2.05, 4.69) is 36.3 Å². The zero-order valence-corrected chi connectivity index (χ0v) is 13.6. The number of carbonyl (C=O) groups is 1. The van der Waals surface area contributed by atoms with Gasteiger partial charge in [-0.15, -0.1) is 10.2 Å². The molecule has 1 fully saturated rings. The van der Waals surface area contributed by atoms with E-state index in [1.54, 1.807) is 0 Å². The molecule has 0 aliphatic carbocycles. The van der Waals surface area contributed by atoms with E-state index in [4.69, 9.17) is 0 Å². The topological polar surface area (TPSA) is 58.1 Å². The summed E-state index contributed by atoms with van der Waals surface area (Å²) < 4.78 is 0. The lowest BCUT2D eigenvalue weighted by Crippen LogP contribution is -2.41. The lowest BCUT2D eigenvalue weighted by Gasteiger charge is -2.38. The summed E-state index contributed by atoms with van der Waals surface area (Å²) in [5, 5.41) is 12.3. The van der Waals surface area contributed by atoms with Crippen LogP contribution in [-0.2, 0) is 0 Å². The molecular weight excluding hydrogens is 272 g/mol. The fourth-order valence-electron chi connectivity index (χ4n) is 2.62. The molecule has 2 rings (SSSR count). The third-order valence-corrected chi connectivity index (χ3v) is 4.81. The highest BCUT2D eigenvalue weighted by Gasteiger charge is 2.31. The van der Waals surface area contributed by atoms with Gasteiger partial charge in [0, 0.05) is 19.6 Å². The lowest BCUT2D eigenvalue weighted by molar-refractivity contribution is 0.0607. The van der Waals surface area contributed by atoms with Gasteiger partial charge in [0.15, 0.2) is 0 Å². The monoisotopic (exact) mass is 296 g/mol. The van der Waals surface area contributed by atoms with E-state index in [-0.39, 0.29) is 5.91 Å². The van der Waals surface area contributed by atoms with Gasteiger partial charge >= 0.3 is 0 Å². The van der Waals surface area contributed by atoms with E-state index in [9.17, 15) is 4.79 Å². The second-order valence-electron chi connectivity index (χ2n) is 6.38. The Morgan fingerprint density at radius 2 is 2.00 bits per heavy atom. The molecule has 2 heterocycles. The summed E-state index contributed by atoms with van der Waals surface area (Å²) in [7, 11) is 0. The Labute approximate surface area is 124 Å². The van der Waals surface area contributed by atoms with Crippen molar-refractivity contribution in [3.63, 3.8) is 0 Å². The fraction of sp³-hybridized carbons (Fsp3) is 0.786. The maximum absolute atomic E-state index is 12.4. The van der Waals surface area contributed by atoms with E-state index in [1.807, 2.05) is 11.8 Å². The minimum absolute atomic E-state index is 0.0269. The van der Waals surface area contributed by atoms with Gasteiger partial charge in [-0.1, -0.05) is 32.1 Å². The van der Waals surface area contributed by atoms with Crippen LogP contribution in [0.3, 0.4) is 0 Å². The summed E-state index contributed by atoms with van der Waals surface area (Å²) >= 11 is 1.34. The summed E-state index contributed by atoms with van der Waals surface area (Å²) in [6, 6.07) is 0. The first kappa shape index (κ1) is 15.2. The van der Waals surface area contributed by atoms with Crippen molar-refractivity contribution < 1.29 is 4.79 Å². The Kier molecular flexibility index (Phi) is 4.62. The number of hydrogen-bond acceptors (Lipinski definition) is 5. The number of carbonyl (C=O) groups excluding carboxylic acids is 1. The van der Waals surface area contributed by atoms with Gasteiger partial charge in [0.25, 0.3) is 5.91 Å². The highest BCUT2D eigenvalue weighted by molar-refractivity contribution is 7.17. The molecule has 0 spiro atoms. The first-order valence-electron chi connectivity index (χ1n) is 7.28. The van der Waals surface area contributed by atoms with Crippen molar-refractivity contribution in [1.82, 2.24) is 15.1 Å². The Balaban J connectivity index is 1.94. The molecule has 1 aromatic heterocycles. The van der Waals surface area contributed by atoms with Gasteiger partial charge in [0.1, 0.15) is 0 Å². The number of amides is 1. The second-order valence-corrected chi connectivity index (χ2v) is 7.35. The van der Waals surface area contributed by atoms with Crippen LogP contribution in [0.1, 0.15) is 50.3 Å². The van der Waals surface area contributed by atoms with Gasteiger partial charge in [-0.25, -0.2) is 0 Å². The van der Waals surface area contributed by atoms with E-state index in [0.717, 1.165) is 37.6 Å². The van der Waals surface area contributed by atoms with Crippen LogP contribution in [-0.4, -0.2) is 40.6 Å². The summed E-state index contributed by atoms with van der Waals surface area (Å²) in [5.74, 6) is 0.720. The largest absolute Gasteiger partial charge is 0.360 e. The van der Waals surface area contributed by atoms with Crippen molar-refractivity contribution in [2.24, 2.45) is 11.3 Å². The fourth-order valence-corrected chi connectivity index (χ4v) is 3.40. The first-order valence-corrected chi connectivity index (χ1v) is 8.10. The second kappa shape index (κ2) is 6.08. The molecule has 0 radical (unpaired) electrons. The highest BCUT2D eigenvalue weighted by atomic mass is 32.1. The molecule has 0 atom stereocenters. The lowest BCUT2D eigenvalue weighted by atomic mass is 9.75. The average Bonchev–Trinajstić information content (AvgIpc) is 2.86. The van der Waals surface area contributed by atoms with Crippen molar-refractivity contribution >= 4 is 22.4 Å². The number of piperidine rings is 1. The molecule has 1 saturated heterocycles. The highest BCUT2D eigenvalue weighted by Crippen LogP contribution is 2.34. The SMILES string of the molecule is CCNc1nnc(C(=O)N2CCC(C(C)(C)C)CC2)s1. The molecule has 6 heteroatoms. The minimum atomic E-state index is 0.0269. The molecular formula is C14H24N4OS. The predicted octanol–water partition coefficient (Wildman–Crippen LogP) is 2.87. The van der Waals surface area contributed by atoms with Crippen LogP contribution in [0.2, 0.25) is 0 Å². The number of likely N-dealkylation sites (tertiary alicyclic amines) is 1. The third-order valence-electron chi connectivity index (χ3n) is 3.94. The van der Waals surface area contributed by atoms with Gasteiger partial charge in [-0.2, -0.15) is 0 Å². The van der Waals surface area contributed by atoms with Crippen LogP contribution in [0, 0.1) is 11.3 Å². The smallest absolute Gasteiger partial charge is 0.284 e. The van der Waals surface area contributed by atoms with Crippen molar-refractivity contribution in [2.45, 2.75) is 40.5 Å². The molecule has 0 bridgehead atoms. The zero-order chi connectivity index (χ0) is 14.8. The molecule has 1 aliphatic heterocycles. The molecule has 0 saturated carbocycles.